The minimum Gasteiger partial charge on any atom is -0.211 e. The molecule has 0 radical (unpaired) electrons. The Morgan fingerprint density at radius 3 is 2.65 bits per heavy atom. The zero-order valence-corrected chi connectivity index (χ0v) is 10.8. The van der Waals surface area contributed by atoms with E-state index in [0.717, 1.165) is 18.4 Å². The van der Waals surface area contributed by atoms with Gasteiger partial charge >= 0.3 is 0 Å². The first-order chi connectivity index (χ1) is 8.08. The van der Waals surface area contributed by atoms with Crippen molar-refractivity contribution in [2.24, 2.45) is 0 Å². The number of benzene rings is 1. The van der Waals surface area contributed by atoms with E-state index >= 15 is 0 Å². The SMILES string of the molecule is C#CCCCCNS(=O)(=O)c1ccccc1C. The minimum atomic E-state index is -3.38. The molecule has 0 unspecified atom stereocenters. The highest BCUT2D eigenvalue weighted by atomic mass is 32.2. The van der Waals surface area contributed by atoms with Crippen LogP contribution >= 0.6 is 0 Å². The highest BCUT2D eigenvalue weighted by Gasteiger charge is 2.14. The lowest BCUT2D eigenvalue weighted by atomic mass is 10.2. The van der Waals surface area contributed by atoms with E-state index in [1.807, 2.05) is 6.07 Å². The molecule has 0 bridgehead atoms. The van der Waals surface area contributed by atoms with Crippen LogP contribution in [0.25, 0.3) is 0 Å². The quantitative estimate of drug-likeness (QED) is 0.621. The molecule has 0 fully saturated rings. The topological polar surface area (TPSA) is 46.2 Å². The number of aryl methyl sites for hydroxylation is 1. The van der Waals surface area contributed by atoms with Crippen LogP contribution in [0.4, 0.5) is 0 Å². The fraction of sp³-hybridized carbons (Fsp3) is 0.385. The molecule has 1 aromatic rings. The number of terminal acetylenes is 1. The Hall–Kier alpha value is -1.31. The van der Waals surface area contributed by atoms with Gasteiger partial charge in [-0.15, -0.1) is 12.3 Å². The number of rotatable bonds is 6. The predicted molar refractivity (Wildman–Crippen MR) is 69.1 cm³/mol. The Labute approximate surface area is 103 Å². The molecule has 92 valence electrons. The summed E-state index contributed by atoms with van der Waals surface area (Å²) in [7, 11) is -3.38. The molecule has 1 aromatic carbocycles. The van der Waals surface area contributed by atoms with Gasteiger partial charge in [0.2, 0.25) is 10.0 Å². The van der Waals surface area contributed by atoms with Crippen LogP contribution in [0.1, 0.15) is 24.8 Å². The molecule has 1 N–H and O–H groups in total. The standard InChI is InChI=1S/C13H17NO2S/c1-3-4-5-8-11-14-17(15,16)13-10-7-6-9-12(13)2/h1,6-7,9-10,14H,4-5,8,11H2,2H3. The number of hydrogen-bond donors (Lipinski definition) is 1. The van der Waals surface area contributed by atoms with Gasteiger partial charge < -0.3 is 0 Å². The van der Waals surface area contributed by atoms with Gasteiger partial charge in [0.25, 0.3) is 0 Å². The zero-order chi connectivity index (χ0) is 12.7. The van der Waals surface area contributed by atoms with Gasteiger partial charge in [-0.1, -0.05) is 18.2 Å². The third-order valence-electron chi connectivity index (χ3n) is 2.42. The largest absolute Gasteiger partial charge is 0.240 e. The molecular weight excluding hydrogens is 234 g/mol. The molecule has 0 aliphatic rings. The molecule has 0 saturated heterocycles. The van der Waals surface area contributed by atoms with Crippen LogP contribution in [0.5, 0.6) is 0 Å². The second-order valence-electron chi connectivity index (χ2n) is 3.82. The Balaban J connectivity index is 2.59. The molecule has 0 saturated carbocycles. The van der Waals surface area contributed by atoms with Gasteiger partial charge in [-0.05, 0) is 31.4 Å². The van der Waals surface area contributed by atoms with Gasteiger partial charge in [-0.25, -0.2) is 13.1 Å². The van der Waals surface area contributed by atoms with Crippen LogP contribution < -0.4 is 4.72 Å². The highest BCUT2D eigenvalue weighted by Crippen LogP contribution is 2.13. The van der Waals surface area contributed by atoms with Gasteiger partial charge in [0.05, 0.1) is 4.90 Å². The minimum absolute atomic E-state index is 0.344. The van der Waals surface area contributed by atoms with Crippen LogP contribution in [0.2, 0.25) is 0 Å². The summed E-state index contributed by atoms with van der Waals surface area (Å²) in [6, 6.07) is 6.94. The summed E-state index contributed by atoms with van der Waals surface area (Å²) in [6.45, 7) is 2.21. The van der Waals surface area contributed by atoms with Gasteiger partial charge in [0.15, 0.2) is 0 Å². The normalized spacial score (nSPS) is 11.1. The smallest absolute Gasteiger partial charge is 0.211 e. The van der Waals surface area contributed by atoms with E-state index in [4.69, 9.17) is 6.42 Å². The third kappa shape index (κ3) is 4.22. The molecule has 0 aliphatic carbocycles. The Bertz CT molecular complexity index is 500. The van der Waals surface area contributed by atoms with Gasteiger partial charge in [0.1, 0.15) is 0 Å². The fourth-order valence-corrected chi connectivity index (χ4v) is 2.81. The first-order valence-electron chi connectivity index (χ1n) is 5.56. The lowest BCUT2D eigenvalue weighted by Gasteiger charge is -2.08. The predicted octanol–water partition coefficient (Wildman–Crippen LogP) is 2.08. The monoisotopic (exact) mass is 251 g/mol. The first kappa shape index (κ1) is 13.8. The second kappa shape index (κ2) is 6.43. The summed E-state index contributed by atoms with van der Waals surface area (Å²) in [5.74, 6) is 2.53. The fourth-order valence-electron chi connectivity index (χ4n) is 1.49. The third-order valence-corrected chi connectivity index (χ3v) is 4.04. The molecule has 3 nitrogen and oxygen atoms in total. The molecule has 1 rings (SSSR count). The number of hydrogen-bond acceptors (Lipinski definition) is 2. The molecule has 0 aliphatic heterocycles. The maximum atomic E-state index is 11.9. The van der Waals surface area contributed by atoms with E-state index in [9.17, 15) is 8.42 Å². The van der Waals surface area contributed by atoms with Crippen molar-refractivity contribution in [3.8, 4) is 12.3 Å². The van der Waals surface area contributed by atoms with Crippen molar-refractivity contribution in [3.05, 3.63) is 29.8 Å². The van der Waals surface area contributed by atoms with E-state index in [2.05, 4.69) is 10.6 Å². The molecule has 17 heavy (non-hydrogen) atoms. The maximum absolute atomic E-state index is 11.9. The van der Waals surface area contributed by atoms with Crippen molar-refractivity contribution in [1.82, 2.24) is 4.72 Å². The van der Waals surface area contributed by atoms with Crippen molar-refractivity contribution < 1.29 is 8.42 Å². The average molecular weight is 251 g/mol. The summed E-state index contributed by atoms with van der Waals surface area (Å²) < 4.78 is 26.4. The Kier molecular flexibility index (Phi) is 5.20. The molecule has 0 heterocycles. The van der Waals surface area contributed by atoms with Crippen molar-refractivity contribution in [3.63, 3.8) is 0 Å². The summed E-state index contributed by atoms with van der Waals surface area (Å²) >= 11 is 0. The van der Waals surface area contributed by atoms with Crippen LogP contribution in [-0.2, 0) is 10.0 Å². The molecule has 4 heteroatoms. The van der Waals surface area contributed by atoms with E-state index in [-0.39, 0.29) is 0 Å². The molecular formula is C13H17NO2S. The lowest BCUT2D eigenvalue weighted by Crippen LogP contribution is -2.25. The summed E-state index contributed by atoms with van der Waals surface area (Å²) in [5, 5.41) is 0. The zero-order valence-electron chi connectivity index (χ0n) is 9.94. The molecule has 0 amide bonds. The summed E-state index contributed by atoms with van der Waals surface area (Å²) in [4.78, 5) is 0.344. The van der Waals surface area contributed by atoms with E-state index in [1.165, 1.54) is 0 Å². The van der Waals surface area contributed by atoms with Gasteiger partial charge in [-0.3, -0.25) is 0 Å². The summed E-state index contributed by atoms with van der Waals surface area (Å²) in [6.07, 6.45) is 7.40. The highest BCUT2D eigenvalue weighted by molar-refractivity contribution is 7.89. The van der Waals surface area contributed by atoms with E-state index in [0.29, 0.717) is 17.9 Å². The number of unbranched alkanes of at least 4 members (excludes halogenated alkanes) is 2. The van der Waals surface area contributed by atoms with Gasteiger partial charge in [-0.2, -0.15) is 0 Å². The lowest BCUT2D eigenvalue weighted by molar-refractivity contribution is 0.576. The van der Waals surface area contributed by atoms with E-state index in [1.54, 1.807) is 25.1 Å². The van der Waals surface area contributed by atoms with Crippen LogP contribution in [0.15, 0.2) is 29.2 Å². The average Bonchev–Trinajstić information content (AvgIpc) is 2.29. The Morgan fingerprint density at radius 1 is 1.29 bits per heavy atom. The molecule has 0 aromatic heterocycles. The van der Waals surface area contributed by atoms with Crippen molar-refractivity contribution in [1.29, 1.82) is 0 Å². The van der Waals surface area contributed by atoms with Crippen LogP contribution in [-0.4, -0.2) is 15.0 Å². The molecule has 0 atom stereocenters. The van der Waals surface area contributed by atoms with Crippen LogP contribution in [0, 0.1) is 19.3 Å². The van der Waals surface area contributed by atoms with E-state index < -0.39 is 10.0 Å². The Morgan fingerprint density at radius 2 is 2.00 bits per heavy atom. The maximum Gasteiger partial charge on any atom is 0.240 e. The number of sulfonamides is 1. The summed E-state index contributed by atoms with van der Waals surface area (Å²) in [5.41, 5.74) is 0.753. The van der Waals surface area contributed by atoms with Crippen molar-refractivity contribution in [2.45, 2.75) is 31.1 Å². The second-order valence-corrected chi connectivity index (χ2v) is 5.56. The van der Waals surface area contributed by atoms with Gasteiger partial charge in [0, 0.05) is 13.0 Å². The first-order valence-corrected chi connectivity index (χ1v) is 7.05. The molecule has 0 spiro atoms. The van der Waals surface area contributed by atoms with Crippen LogP contribution in [0.3, 0.4) is 0 Å². The van der Waals surface area contributed by atoms with Crippen molar-refractivity contribution >= 4 is 10.0 Å². The van der Waals surface area contributed by atoms with Crippen molar-refractivity contribution in [2.75, 3.05) is 6.54 Å². The number of nitrogens with one attached hydrogen (secondary N) is 1.